The molecular formula is C16H15ClN4O2. The van der Waals surface area contributed by atoms with E-state index in [0.29, 0.717) is 23.2 Å². The van der Waals surface area contributed by atoms with Crippen molar-refractivity contribution in [3.8, 4) is 0 Å². The van der Waals surface area contributed by atoms with E-state index in [4.69, 9.17) is 16.1 Å². The first-order chi connectivity index (χ1) is 11.1. The molecule has 0 atom stereocenters. The van der Waals surface area contributed by atoms with Crippen LogP contribution in [0.3, 0.4) is 0 Å². The minimum absolute atomic E-state index is 0.174. The van der Waals surface area contributed by atoms with Crippen LogP contribution in [0, 0.1) is 6.92 Å². The van der Waals surface area contributed by atoms with Crippen molar-refractivity contribution in [1.82, 2.24) is 19.9 Å². The Morgan fingerprint density at radius 1 is 1.22 bits per heavy atom. The number of aryl methyl sites for hydroxylation is 3. The average Bonchev–Trinajstić information content (AvgIpc) is 2.97. The van der Waals surface area contributed by atoms with Crippen molar-refractivity contribution in [3.63, 3.8) is 0 Å². The SMILES string of the molecule is Cc1cnn(Cc2nc(CCc3ccc(Cl)cc3)no2)c(=O)c1. The molecule has 6 nitrogen and oxygen atoms in total. The maximum atomic E-state index is 11.8. The van der Waals surface area contributed by atoms with Crippen LogP contribution in [0.15, 0.2) is 45.8 Å². The topological polar surface area (TPSA) is 73.8 Å². The van der Waals surface area contributed by atoms with Gasteiger partial charge in [0, 0.05) is 17.5 Å². The highest BCUT2D eigenvalue weighted by atomic mass is 35.5. The van der Waals surface area contributed by atoms with Crippen LogP contribution < -0.4 is 5.56 Å². The highest BCUT2D eigenvalue weighted by Gasteiger charge is 2.09. The van der Waals surface area contributed by atoms with Crippen LogP contribution in [0.1, 0.15) is 22.8 Å². The van der Waals surface area contributed by atoms with Crippen molar-refractivity contribution in [2.75, 3.05) is 0 Å². The number of halogens is 1. The van der Waals surface area contributed by atoms with Gasteiger partial charge in [0.2, 0.25) is 5.89 Å². The fourth-order valence-corrected chi connectivity index (χ4v) is 2.26. The molecule has 0 aliphatic carbocycles. The number of nitrogens with zero attached hydrogens (tertiary/aromatic N) is 4. The number of hydrogen-bond donors (Lipinski definition) is 0. The van der Waals surface area contributed by atoms with Crippen LogP contribution in [0.5, 0.6) is 0 Å². The Labute approximate surface area is 137 Å². The summed E-state index contributed by atoms with van der Waals surface area (Å²) >= 11 is 5.86. The molecule has 7 heteroatoms. The lowest BCUT2D eigenvalue weighted by atomic mass is 10.1. The highest BCUT2D eigenvalue weighted by molar-refractivity contribution is 6.30. The lowest BCUT2D eigenvalue weighted by molar-refractivity contribution is 0.358. The molecule has 0 N–H and O–H groups in total. The van der Waals surface area contributed by atoms with Crippen LogP contribution >= 0.6 is 11.6 Å². The third-order valence-corrected chi connectivity index (χ3v) is 3.60. The Balaban J connectivity index is 1.63. The minimum Gasteiger partial charge on any atom is -0.337 e. The lowest BCUT2D eigenvalue weighted by Crippen LogP contribution is -2.22. The molecule has 0 bridgehead atoms. The Hall–Kier alpha value is -2.47. The fraction of sp³-hybridized carbons (Fsp3) is 0.250. The highest BCUT2D eigenvalue weighted by Crippen LogP contribution is 2.11. The van der Waals surface area contributed by atoms with Gasteiger partial charge in [0.1, 0.15) is 6.54 Å². The fourth-order valence-electron chi connectivity index (χ4n) is 2.13. The molecule has 3 rings (SSSR count). The molecule has 2 aromatic heterocycles. The van der Waals surface area contributed by atoms with E-state index >= 15 is 0 Å². The maximum Gasteiger partial charge on any atom is 0.267 e. The van der Waals surface area contributed by atoms with E-state index < -0.39 is 0 Å². The van der Waals surface area contributed by atoms with Gasteiger partial charge in [-0.1, -0.05) is 28.9 Å². The number of rotatable bonds is 5. The predicted octanol–water partition coefficient (Wildman–Crippen LogP) is 2.42. The number of benzene rings is 1. The zero-order chi connectivity index (χ0) is 16.2. The zero-order valence-corrected chi connectivity index (χ0v) is 13.3. The van der Waals surface area contributed by atoms with Gasteiger partial charge in [-0.25, -0.2) is 4.68 Å². The summed E-state index contributed by atoms with van der Waals surface area (Å²) in [4.78, 5) is 16.1. The molecule has 0 saturated carbocycles. The van der Waals surface area contributed by atoms with Crippen molar-refractivity contribution in [1.29, 1.82) is 0 Å². The second-order valence-electron chi connectivity index (χ2n) is 5.26. The molecule has 118 valence electrons. The first kappa shape index (κ1) is 15.4. The van der Waals surface area contributed by atoms with Crippen molar-refractivity contribution >= 4 is 11.6 Å². The maximum absolute atomic E-state index is 11.8. The molecule has 0 saturated heterocycles. The number of aromatic nitrogens is 4. The molecular weight excluding hydrogens is 316 g/mol. The second kappa shape index (κ2) is 6.75. The van der Waals surface area contributed by atoms with E-state index in [9.17, 15) is 4.79 Å². The molecule has 0 spiro atoms. The van der Waals surface area contributed by atoms with Crippen LogP contribution in [0.4, 0.5) is 0 Å². The van der Waals surface area contributed by atoms with E-state index in [0.717, 1.165) is 17.5 Å². The van der Waals surface area contributed by atoms with E-state index in [1.165, 1.54) is 10.7 Å². The smallest absolute Gasteiger partial charge is 0.267 e. The molecule has 0 unspecified atom stereocenters. The monoisotopic (exact) mass is 330 g/mol. The Morgan fingerprint density at radius 2 is 2.00 bits per heavy atom. The van der Waals surface area contributed by atoms with Gasteiger partial charge in [0.15, 0.2) is 5.82 Å². The van der Waals surface area contributed by atoms with E-state index in [2.05, 4.69) is 15.2 Å². The van der Waals surface area contributed by atoms with E-state index in [1.54, 1.807) is 6.20 Å². The molecule has 0 fully saturated rings. The summed E-state index contributed by atoms with van der Waals surface area (Å²) in [6.07, 6.45) is 3.07. The standard InChI is InChI=1S/C16H15ClN4O2/c1-11-8-16(22)21(18-9-11)10-15-19-14(20-23-15)7-4-12-2-5-13(17)6-3-12/h2-3,5-6,8-9H,4,7,10H2,1H3. The van der Waals surface area contributed by atoms with Crippen molar-refractivity contribution in [3.05, 3.63) is 74.7 Å². The molecule has 3 aromatic rings. The summed E-state index contributed by atoms with van der Waals surface area (Å²) in [5.74, 6) is 0.977. The van der Waals surface area contributed by atoms with Gasteiger partial charge in [0.25, 0.3) is 5.56 Å². The Kier molecular flexibility index (Phi) is 4.52. The number of hydrogen-bond acceptors (Lipinski definition) is 5. The molecule has 1 aromatic carbocycles. The summed E-state index contributed by atoms with van der Waals surface area (Å²) in [6, 6.07) is 9.17. The van der Waals surface area contributed by atoms with E-state index in [-0.39, 0.29) is 12.1 Å². The summed E-state index contributed by atoms with van der Waals surface area (Å²) in [7, 11) is 0. The van der Waals surface area contributed by atoms with Gasteiger partial charge < -0.3 is 4.52 Å². The van der Waals surface area contributed by atoms with E-state index in [1.807, 2.05) is 31.2 Å². The summed E-state index contributed by atoms with van der Waals surface area (Å²) < 4.78 is 6.47. The average molecular weight is 331 g/mol. The molecule has 0 radical (unpaired) electrons. The summed E-state index contributed by atoms with van der Waals surface area (Å²) in [5.41, 5.74) is 1.78. The van der Waals surface area contributed by atoms with Crippen LogP contribution in [-0.2, 0) is 19.4 Å². The largest absolute Gasteiger partial charge is 0.337 e. The third-order valence-electron chi connectivity index (χ3n) is 3.35. The summed E-state index contributed by atoms with van der Waals surface area (Å²) in [6.45, 7) is 1.99. The van der Waals surface area contributed by atoms with Crippen molar-refractivity contribution in [2.45, 2.75) is 26.3 Å². The van der Waals surface area contributed by atoms with Gasteiger partial charge in [-0.05, 0) is 36.6 Å². The normalized spacial score (nSPS) is 10.9. The van der Waals surface area contributed by atoms with Crippen LogP contribution in [0.25, 0.3) is 0 Å². The quantitative estimate of drug-likeness (QED) is 0.718. The van der Waals surface area contributed by atoms with Crippen molar-refractivity contribution < 1.29 is 4.52 Å². The first-order valence-corrected chi connectivity index (χ1v) is 7.57. The van der Waals surface area contributed by atoms with Gasteiger partial charge in [-0.3, -0.25) is 4.79 Å². The van der Waals surface area contributed by atoms with Crippen LogP contribution in [0.2, 0.25) is 5.02 Å². The predicted molar refractivity (Wildman–Crippen MR) is 85.5 cm³/mol. The van der Waals surface area contributed by atoms with Crippen molar-refractivity contribution in [2.24, 2.45) is 0 Å². The van der Waals surface area contributed by atoms with Gasteiger partial charge in [-0.2, -0.15) is 10.1 Å². The summed E-state index contributed by atoms with van der Waals surface area (Å²) in [5, 5.41) is 8.70. The van der Waals surface area contributed by atoms with Gasteiger partial charge in [0.05, 0.1) is 6.20 Å². The molecule has 0 amide bonds. The molecule has 23 heavy (non-hydrogen) atoms. The van der Waals surface area contributed by atoms with Gasteiger partial charge >= 0.3 is 0 Å². The Morgan fingerprint density at radius 3 is 2.74 bits per heavy atom. The second-order valence-corrected chi connectivity index (χ2v) is 5.70. The molecule has 2 heterocycles. The van der Waals surface area contributed by atoms with Gasteiger partial charge in [-0.15, -0.1) is 0 Å². The zero-order valence-electron chi connectivity index (χ0n) is 12.6. The molecule has 0 aliphatic rings. The lowest BCUT2D eigenvalue weighted by Gasteiger charge is -2.00. The van der Waals surface area contributed by atoms with Crippen LogP contribution in [-0.4, -0.2) is 19.9 Å². The third kappa shape index (κ3) is 4.04. The Bertz CT molecular complexity index is 855. The minimum atomic E-state index is -0.189. The first-order valence-electron chi connectivity index (χ1n) is 7.20. The molecule has 0 aliphatic heterocycles.